The first-order valence-electron chi connectivity index (χ1n) is 8.66. The van der Waals surface area contributed by atoms with Gasteiger partial charge in [0.2, 0.25) is 11.1 Å². The highest BCUT2D eigenvalue weighted by atomic mass is 32.2. The van der Waals surface area contributed by atoms with Crippen LogP contribution in [0, 0.1) is 20.8 Å². The van der Waals surface area contributed by atoms with E-state index in [0.717, 1.165) is 22.6 Å². The Morgan fingerprint density at radius 3 is 2.54 bits per heavy atom. The number of aromatic nitrogens is 4. The smallest absolute Gasteiger partial charge is 0.253 e. The van der Waals surface area contributed by atoms with Gasteiger partial charge in [0.15, 0.2) is 0 Å². The van der Waals surface area contributed by atoms with Crippen molar-refractivity contribution < 1.29 is 4.79 Å². The number of rotatable bonds is 5. The Hall–Kier alpha value is -2.41. The molecule has 2 heterocycles. The second-order valence-electron chi connectivity index (χ2n) is 6.19. The zero-order valence-electron chi connectivity index (χ0n) is 15.7. The summed E-state index contributed by atoms with van der Waals surface area (Å²) in [6.07, 6.45) is 0. The molecule has 0 saturated carbocycles. The zero-order valence-corrected chi connectivity index (χ0v) is 16.5. The highest BCUT2D eigenvalue weighted by Crippen LogP contribution is 2.25. The maximum atomic E-state index is 12.9. The average molecular weight is 369 g/mol. The summed E-state index contributed by atoms with van der Waals surface area (Å²) >= 11 is 1.36. The van der Waals surface area contributed by atoms with Gasteiger partial charge in [0, 0.05) is 23.6 Å². The number of thioether (sulfide) groups is 1. The molecule has 0 bridgehead atoms. The van der Waals surface area contributed by atoms with E-state index in [-0.39, 0.29) is 11.2 Å². The third kappa shape index (κ3) is 3.44. The van der Waals surface area contributed by atoms with Crippen LogP contribution in [0.3, 0.4) is 0 Å². The van der Waals surface area contributed by atoms with Gasteiger partial charge >= 0.3 is 0 Å². The van der Waals surface area contributed by atoms with Gasteiger partial charge in [-0.15, -0.1) is 5.10 Å². The molecule has 26 heavy (non-hydrogen) atoms. The van der Waals surface area contributed by atoms with E-state index in [2.05, 4.69) is 15.1 Å². The van der Waals surface area contributed by atoms with Crippen LogP contribution in [0.1, 0.15) is 30.8 Å². The van der Waals surface area contributed by atoms with Crippen LogP contribution in [0.4, 0.5) is 5.69 Å². The Morgan fingerprint density at radius 2 is 1.88 bits per heavy atom. The molecule has 0 spiro atoms. The number of carbonyl (C=O) groups is 1. The van der Waals surface area contributed by atoms with Gasteiger partial charge in [0.1, 0.15) is 0 Å². The summed E-state index contributed by atoms with van der Waals surface area (Å²) in [7, 11) is 0. The van der Waals surface area contributed by atoms with Crippen molar-refractivity contribution in [2.24, 2.45) is 0 Å². The largest absolute Gasteiger partial charge is 0.312 e. The lowest BCUT2D eigenvalue weighted by atomic mass is 10.2. The normalized spacial score (nSPS) is 12.3. The number of para-hydroxylation sites is 1. The summed E-state index contributed by atoms with van der Waals surface area (Å²) in [5, 5.41) is 4.80. The lowest BCUT2D eigenvalue weighted by Crippen LogP contribution is -2.36. The summed E-state index contributed by atoms with van der Waals surface area (Å²) in [6.45, 7) is 10.5. The van der Waals surface area contributed by atoms with Gasteiger partial charge in [-0.25, -0.2) is 9.50 Å². The van der Waals surface area contributed by atoms with Crippen molar-refractivity contribution in [2.45, 2.75) is 45.0 Å². The van der Waals surface area contributed by atoms with Crippen molar-refractivity contribution in [3.63, 3.8) is 0 Å². The van der Waals surface area contributed by atoms with E-state index in [9.17, 15) is 4.79 Å². The van der Waals surface area contributed by atoms with Gasteiger partial charge in [-0.1, -0.05) is 30.0 Å². The fourth-order valence-corrected chi connectivity index (χ4v) is 3.60. The van der Waals surface area contributed by atoms with Gasteiger partial charge in [0.25, 0.3) is 5.78 Å². The molecule has 0 aliphatic heterocycles. The molecule has 1 atom stereocenters. The van der Waals surface area contributed by atoms with Crippen molar-refractivity contribution in [2.75, 3.05) is 11.4 Å². The minimum Gasteiger partial charge on any atom is -0.312 e. The second kappa shape index (κ2) is 7.45. The number of carbonyl (C=O) groups excluding carboxylic acids is 1. The van der Waals surface area contributed by atoms with Crippen LogP contribution in [-0.4, -0.2) is 37.3 Å². The van der Waals surface area contributed by atoms with E-state index >= 15 is 0 Å². The molecule has 1 amide bonds. The third-order valence-corrected chi connectivity index (χ3v) is 5.46. The minimum atomic E-state index is -0.296. The number of nitrogens with zero attached hydrogens (tertiary/aromatic N) is 5. The highest BCUT2D eigenvalue weighted by molar-refractivity contribution is 8.00. The van der Waals surface area contributed by atoms with Gasteiger partial charge < -0.3 is 4.90 Å². The van der Waals surface area contributed by atoms with E-state index in [1.54, 1.807) is 9.42 Å². The van der Waals surface area contributed by atoms with Crippen LogP contribution < -0.4 is 4.90 Å². The molecule has 0 N–H and O–H groups in total. The lowest BCUT2D eigenvalue weighted by molar-refractivity contribution is -0.117. The topological polar surface area (TPSA) is 63.4 Å². The van der Waals surface area contributed by atoms with E-state index < -0.39 is 0 Å². The van der Waals surface area contributed by atoms with Crippen LogP contribution in [0.15, 0.2) is 35.5 Å². The predicted molar refractivity (Wildman–Crippen MR) is 105 cm³/mol. The third-order valence-electron chi connectivity index (χ3n) is 4.52. The molecule has 0 saturated heterocycles. The molecular weight excluding hydrogens is 346 g/mol. The molecule has 0 aliphatic rings. The van der Waals surface area contributed by atoms with Crippen molar-refractivity contribution in [1.82, 2.24) is 19.6 Å². The van der Waals surface area contributed by atoms with E-state index in [1.165, 1.54) is 11.8 Å². The number of hydrogen-bond donors (Lipinski definition) is 0. The molecule has 1 aromatic carbocycles. The maximum absolute atomic E-state index is 12.9. The summed E-state index contributed by atoms with van der Waals surface area (Å²) in [5.41, 5.74) is 3.97. The molecule has 3 aromatic rings. The SMILES string of the molecule is CCN(C(=O)[C@@H](C)Sc1nc2nc(C)c(C)c(C)n2n1)c1ccccc1. The summed E-state index contributed by atoms with van der Waals surface area (Å²) in [6, 6.07) is 9.71. The fraction of sp³-hybridized carbons (Fsp3) is 0.368. The molecule has 6 nitrogen and oxygen atoms in total. The molecule has 3 rings (SSSR count). The molecule has 2 aromatic heterocycles. The molecule has 136 valence electrons. The first-order chi connectivity index (χ1) is 12.4. The van der Waals surface area contributed by atoms with E-state index in [1.807, 2.05) is 65.0 Å². The van der Waals surface area contributed by atoms with Crippen LogP contribution in [-0.2, 0) is 4.79 Å². The molecule has 7 heteroatoms. The number of anilines is 1. The number of amides is 1. The highest BCUT2D eigenvalue weighted by Gasteiger charge is 2.23. The second-order valence-corrected chi connectivity index (χ2v) is 7.50. The van der Waals surface area contributed by atoms with Crippen molar-refractivity contribution in [3.8, 4) is 0 Å². The van der Waals surface area contributed by atoms with Gasteiger partial charge in [-0.05, 0) is 52.3 Å². The molecule has 0 radical (unpaired) electrons. The Labute approximate surface area is 157 Å². The summed E-state index contributed by atoms with van der Waals surface area (Å²) in [5.74, 6) is 0.614. The Balaban J connectivity index is 1.83. The van der Waals surface area contributed by atoms with Crippen LogP contribution in [0.2, 0.25) is 0 Å². The lowest BCUT2D eigenvalue weighted by Gasteiger charge is -2.23. The van der Waals surface area contributed by atoms with Crippen LogP contribution in [0.25, 0.3) is 5.78 Å². The van der Waals surface area contributed by atoms with Crippen LogP contribution >= 0.6 is 11.8 Å². The fourth-order valence-electron chi connectivity index (χ4n) is 2.79. The van der Waals surface area contributed by atoms with Gasteiger partial charge in [-0.3, -0.25) is 4.79 Å². The average Bonchev–Trinajstić information content (AvgIpc) is 3.03. The zero-order chi connectivity index (χ0) is 18.8. The first-order valence-corrected chi connectivity index (χ1v) is 9.54. The summed E-state index contributed by atoms with van der Waals surface area (Å²) < 4.78 is 1.75. The van der Waals surface area contributed by atoms with E-state index in [0.29, 0.717) is 17.5 Å². The minimum absolute atomic E-state index is 0.0413. The predicted octanol–water partition coefficient (Wildman–Crippen LogP) is 3.58. The summed E-state index contributed by atoms with van der Waals surface area (Å²) in [4.78, 5) is 23.7. The van der Waals surface area contributed by atoms with Crippen molar-refractivity contribution in [1.29, 1.82) is 0 Å². The van der Waals surface area contributed by atoms with Crippen molar-refractivity contribution in [3.05, 3.63) is 47.3 Å². The van der Waals surface area contributed by atoms with Crippen LogP contribution in [0.5, 0.6) is 0 Å². The number of aryl methyl sites for hydroxylation is 2. The number of fused-ring (bicyclic) bond motifs is 1. The van der Waals surface area contributed by atoms with E-state index in [4.69, 9.17) is 0 Å². The van der Waals surface area contributed by atoms with Gasteiger partial charge in [0.05, 0.1) is 5.25 Å². The Bertz CT molecular complexity index is 938. The maximum Gasteiger partial charge on any atom is 0.253 e. The monoisotopic (exact) mass is 369 g/mol. The Morgan fingerprint density at radius 1 is 1.19 bits per heavy atom. The Kier molecular flexibility index (Phi) is 5.27. The molecule has 0 unspecified atom stereocenters. The van der Waals surface area contributed by atoms with Crippen molar-refractivity contribution >= 4 is 29.1 Å². The molecule has 0 fully saturated rings. The number of benzene rings is 1. The molecular formula is C19H23N5OS. The quantitative estimate of drug-likeness (QED) is 0.643. The van der Waals surface area contributed by atoms with Gasteiger partial charge in [-0.2, -0.15) is 4.98 Å². The first kappa shape index (κ1) is 18.4. The number of hydrogen-bond acceptors (Lipinski definition) is 5. The molecule has 0 aliphatic carbocycles. The standard InChI is InChI=1S/C19H23N5OS/c1-6-23(16-10-8-7-9-11-16)17(25)15(5)26-19-21-18-20-13(3)12(2)14(4)24(18)22-19/h7-11,15H,6H2,1-5H3/t15-/m1/s1.